The van der Waals surface area contributed by atoms with Gasteiger partial charge in [-0.3, -0.25) is 9.36 Å². The minimum absolute atomic E-state index is 0.0936. The molecule has 8 nitrogen and oxygen atoms in total. The molecule has 184 valence electrons. The highest BCUT2D eigenvalue weighted by Crippen LogP contribution is 2.29. The fourth-order valence-corrected chi connectivity index (χ4v) is 5.78. The number of ketones is 1. The molecule has 1 fully saturated rings. The van der Waals surface area contributed by atoms with Gasteiger partial charge in [0, 0.05) is 43.7 Å². The number of aromatic nitrogens is 4. The Bertz CT molecular complexity index is 1090. The van der Waals surface area contributed by atoms with Crippen LogP contribution < -0.4 is 4.90 Å². The maximum Gasteiger partial charge on any atom is 0.228 e. The number of furan rings is 1. The average molecular weight is 486 g/mol. The third-order valence-corrected chi connectivity index (χ3v) is 7.44. The van der Waals surface area contributed by atoms with Crippen LogP contribution in [0.2, 0.25) is 0 Å². The smallest absolute Gasteiger partial charge is 0.228 e. The molecular formula is C25H35N5O3S. The fraction of sp³-hybridized carbons (Fsp3) is 0.560. The van der Waals surface area contributed by atoms with E-state index in [0.29, 0.717) is 30.7 Å². The first-order valence-electron chi connectivity index (χ1n) is 11.9. The quantitative estimate of drug-likeness (QED) is 0.310. The molecule has 4 rings (SSSR count). The number of nitrogens with zero attached hydrogens (tertiary/aromatic N) is 5. The van der Waals surface area contributed by atoms with Crippen molar-refractivity contribution in [3.63, 3.8) is 0 Å². The molecule has 0 aromatic carbocycles. The lowest BCUT2D eigenvalue weighted by Gasteiger charge is -2.35. The van der Waals surface area contributed by atoms with E-state index in [1.165, 1.54) is 18.2 Å². The molecule has 0 aliphatic carbocycles. The van der Waals surface area contributed by atoms with Gasteiger partial charge in [0.15, 0.2) is 10.9 Å². The van der Waals surface area contributed by atoms with Crippen molar-refractivity contribution >= 4 is 23.5 Å². The predicted octanol–water partition coefficient (Wildman–Crippen LogP) is 4.44. The Hall–Kier alpha value is -2.52. The molecule has 1 saturated heterocycles. The first-order valence-corrected chi connectivity index (χ1v) is 12.9. The molecule has 0 spiro atoms. The molecular weight excluding hydrogens is 450 g/mol. The van der Waals surface area contributed by atoms with Crippen LogP contribution in [0.1, 0.15) is 47.8 Å². The Balaban J connectivity index is 1.54. The molecule has 0 radical (unpaired) electrons. The SMILES string of the molecule is COCCn1c(C)cc(C(=O)CSc2nnc(N3CC(C)CC(C)C3)n2Cc2ccco2)c1C. The molecule has 0 bridgehead atoms. The molecule has 0 saturated carbocycles. The van der Waals surface area contributed by atoms with Crippen molar-refractivity contribution < 1.29 is 13.9 Å². The summed E-state index contributed by atoms with van der Waals surface area (Å²) in [5.74, 6) is 3.29. The standard InChI is InChI=1S/C25H35N5O3S/c1-17-11-18(2)14-28(13-17)24-26-27-25(30(24)15-21-7-6-9-33-21)34-16-23(31)22-12-19(3)29(20(22)4)8-10-32-5/h6-7,9,12,17-18H,8,10-11,13-16H2,1-5H3. The Morgan fingerprint density at radius 3 is 2.65 bits per heavy atom. The van der Waals surface area contributed by atoms with Crippen LogP contribution in [0.5, 0.6) is 0 Å². The van der Waals surface area contributed by atoms with E-state index in [1.54, 1.807) is 13.4 Å². The van der Waals surface area contributed by atoms with Gasteiger partial charge in [0.25, 0.3) is 0 Å². The highest BCUT2D eigenvalue weighted by molar-refractivity contribution is 7.99. The lowest BCUT2D eigenvalue weighted by Crippen LogP contribution is -2.40. The van der Waals surface area contributed by atoms with Gasteiger partial charge in [0.2, 0.25) is 5.95 Å². The van der Waals surface area contributed by atoms with Crippen LogP contribution in [0.25, 0.3) is 0 Å². The number of hydrogen-bond donors (Lipinski definition) is 0. The normalized spacial score (nSPS) is 18.6. The second-order valence-electron chi connectivity index (χ2n) is 9.44. The van der Waals surface area contributed by atoms with Crippen LogP contribution in [0, 0.1) is 25.7 Å². The minimum atomic E-state index is 0.0936. The van der Waals surface area contributed by atoms with Crippen molar-refractivity contribution in [1.82, 2.24) is 19.3 Å². The Morgan fingerprint density at radius 2 is 1.97 bits per heavy atom. The second-order valence-corrected chi connectivity index (χ2v) is 10.4. The number of Topliss-reactive ketones (excluding diaryl/α,β-unsaturated/α-hetero) is 1. The van der Waals surface area contributed by atoms with Gasteiger partial charge in [-0.15, -0.1) is 10.2 Å². The number of thioether (sulfide) groups is 1. The molecule has 34 heavy (non-hydrogen) atoms. The topological polar surface area (TPSA) is 78.3 Å². The van der Waals surface area contributed by atoms with Gasteiger partial charge >= 0.3 is 0 Å². The summed E-state index contributed by atoms with van der Waals surface area (Å²) in [7, 11) is 1.69. The van der Waals surface area contributed by atoms with E-state index in [2.05, 4.69) is 38.1 Å². The van der Waals surface area contributed by atoms with Gasteiger partial charge in [-0.05, 0) is 50.3 Å². The lowest BCUT2D eigenvalue weighted by atomic mass is 9.92. The van der Waals surface area contributed by atoms with Crippen LogP contribution in [0.15, 0.2) is 34.0 Å². The maximum atomic E-state index is 13.1. The molecule has 0 N–H and O–H groups in total. The van der Waals surface area contributed by atoms with Gasteiger partial charge in [-0.2, -0.15) is 0 Å². The Kier molecular flexibility index (Phi) is 7.83. The van der Waals surface area contributed by atoms with Crippen LogP contribution >= 0.6 is 11.8 Å². The van der Waals surface area contributed by atoms with Crippen molar-refractivity contribution in [1.29, 1.82) is 0 Å². The number of carbonyl (C=O) groups excluding carboxylic acids is 1. The zero-order valence-electron chi connectivity index (χ0n) is 20.8. The third-order valence-electron chi connectivity index (χ3n) is 6.47. The van der Waals surface area contributed by atoms with E-state index in [-0.39, 0.29) is 5.78 Å². The third kappa shape index (κ3) is 5.41. The number of rotatable bonds is 10. The zero-order valence-corrected chi connectivity index (χ0v) is 21.6. The monoisotopic (exact) mass is 485 g/mol. The summed E-state index contributed by atoms with van der Waals surface area (Å²) in [6.07, 6.45) is 2.90. The Labute approximate surface area is 205 Å². The fourth-order valence-electron chi connectivity index (χ4n) is 4.96. The molecule has 3 aromatic rings. The van der Waals surface area contributed by atoms with E-state index in [9.17, 15) is 4.79 Å². The van der Waals surface area contributed by atoms with E-state index < -0.39 is 0 Å². The number of methoxy groups -OCH3 is 1. The summed E-state index contributed by atoms with van der Waals surface area (Å²) in [6.45, 7) is 12.4. The van der Waals surface area contributed by atoms with Crippen molar-refractivity contribution in [3.05, 3.63) is 47.2 Å². The highest BCUT2D eigenvalue weighted by atomic mass is 32.2. The maximum absolute atomic E-state index is 13.1. The van der Waals surface area contributed by atoms with Gasteiger partial charge < -0.3 is 18.6 Å². The molecule has 1 aliphatic heterocycles. The second kappa shape index (κ2) is 10.8. The van der Waals surface area contributed by atoms with Crippen LogP contribution in [0.4, 0.5) is 5.95 Å². The molecule has 9 heteroatoms. The van der Waals surface area contributed by atoms with Crippen LogP contribution in [-0.2, 0) is 17.8 Å². The van der Waals surface area contributed by atoms with Crippen molar-refractivity contribution in [2.24, 2.45) is 11.8 Å². The lowest BCUT2D eigenvalue weighted by molar-refractivity contribution is 0.102. The number of ether oxygens (including phenoxy) is 1. The van der Waals surface area contributed by atoms with E-state index >= 15 is 0 Å². The van der Waals surface area contributed by atoms with Gasteiger partial charge in [-0.25, -0.2) is 0 Å². The molecule has 3 aromatic heterocycles. The van der Waals surface area contributed by atoms with Crippen LogP contribution in [-0.4, -0.2) is 57.7 Å². The first kappa shape index (κ1) is 24.6. The number of carbonyl (C=O) groups is 1. The van der Waals surface area contributed by atoms with Gasteiger partial charge in [0.05, 0.1) is 25.2 Å². The minimum Gasteiger partial charge on any atom is -0.467 e. The van der Waals surface area contributed by atoms with Crippen molar-refractivity contribution in [3.8, 4) is 0 Å². The van der Waals surface area contributed by atoms with Crippen molar-refractivity contribution in [2.45, 2.75) is 52.4 Å². The number of piperidine rings is 1. The van der Waals surface area contributed by atoms with E-state index in [1.807, 2.05) is 32.0 Å². The summed E-state index contributed by atoms with van der Waals surface area (Å²) in [5.41, 5.74) is 2.81. The summed E-state index contributed by atoms with van der Waals surface area (Å²) in [6, 6.07) is 5.82. The van der Waals surface area contributed by atoms with E-state index in [4.69, 9.17) is 9.15 Å². The molecule has 4 heterocycles. The summed E-state index contributed by atoms with van der Waals surface area (Å²) >= 11 is 1.44. The first-order chi connectivity index (χ1) is 16.4. The largest absolute Gasteiger partial charge is 0.467 e. The molecule has 2 atom stereocenters. The number of anilines is 1. The van der Waals surface area contributed by atoms with Crippen LogP contribution in [0.3, 0.4) is 0 Å². The zero-order chi connectivity index (χ0) is 24.2. The predicted molar refractivity (Wildman–Crippen MR) is 134 cm³/mol. The number of aryl methyl sites for hydroxylation is 1. The van der Waals surface area contributed by atoms with E-state index in [0.717, 1.165) is 53.5 Å². The van der Waals surface area contributed by atoms with Gasteiger partial charge in [0.1, 0.15) is 5.76 Å². The average Bonchev–Trinajstić information content (AvgIpc) is 3.51. The summed E-state index contributed by atoms with van der Waals surface area (Å²) < 4.78 is 15.1. The van der Waals surface area contributed by atoms with Gasteiger partial charge in [-0.1, -0.05) is 25.6 Å². The van der Waals surface area contributed by atoms with Crippen molar-refractivity contribution in [2.75, 3.05) is 37.5 Å². The molecule has 2 unspecified atom stereocenters. The molecule has 0 amide bonds. The summed E-state index contributed by atoms with van der Waals surface area (Å²) in [4.78, 5) is 15.5. The molecule has 1 aliphatic rings. The summed E-state index contributed by atoms with van der Waals surface area (Å²) in [5, 5.41) is 9.78. The highest BCUT2D eigenvalue weighted by Gasteiger charge is 2.27. The Morgan fingerprint density at radius 1 is 1.21 bits per heavy atom. The number of hydrogen-bond acceptors (Lipinski definition) is 7.